The summed E-state index contributed by atoms with van der Waals surface area (Å²) in [6.45, 7) is 0. The number of esters is 2. The van der Waals surface area contributed by atoms with Gasteiger partial charge in [0.1, 0.15) is 23.7 Å². The summed E-state index contributed by atoms with van der Waals surface area (Å²) in [7, 11) is 0. The first kappa shape index (κ1) is 34.3. The van der Waals surface area contributed by atoms with Crippen molar-refractivity contribution in [3.05, 3.63) is 108 Å². The number of aliphatic hydroxyl groups is 2. The normalized spacial score (nSPS) is 22.9. The standard InChI is InChI=1S/2C16H12N2O5.Cu/c2*19-13-10-5-1-2-6-11(10)23-15(22)16(13,14(20)21)9-18-12-7-3-4-8-17-12;/h2*1-9,13,19H,(H,20,21);. The molecule has 47 heavy (non-hydrogen) atoms. The van der Waals surface area contributed by atoms with Crippen LogP contribution in [0.1, 0.15) is 23.3 Å². The molecule has 1 radical (unpaired) electrons. The van der Waals surface area contributed by atoms with Gasteiger partial charge in [-0.2, -0.15) is 0 Å². The number of ether oxygens (including phenoxy) is 2. The van der Waals surface area contributed by atoms with Gasteiger partial charge in [0.05, 0.1) is 0 Å². The van der Waals surface area contributed by atoms with Crippen LogP contribution >= 0.6 is 0 Å². The fourth-order valence-corrected chi connectivity index (χ4v) is 4.64. The van der Waals surface area contributed by atoms with Crippen LogP contribution in [0.5, 0.6) is 11.5 Å². The third kappa shape index (κ3) is 6.41. The maximum Gasteiger partial charge on any atom is 0.337 e. The number of rotatable bonds is 6. The van der Waals surface area contributed by atoms with Crippen LogP contribution in [-0.4, -0.2) is 66.7 Å². The summed E-state index contributed by atoms with van der Waals surface area (Å²) in [6.07, 6.45) is 1.46. The Morgan fingerprint density at radius 3 is 1.34 bits per heavy atom. The van der Waals surface area contributed by atoms with E-state index in [-0.39, 0.29) is 51.3 Å². The van der Waals surface area contributed by atoms with Crippen LogP contribution in [-0.2, 0) is 36.2 Å². The number of aliphatic imine (C=N–C) groups is 2. The Hall–Kier alpha value is -5.60. The average Bonchev–Trinajstić information content (AvgIpc) is 3.06. The molecule has 2 aromatic carbocycles. The third-order valence-corrected chi connectivity index (χ3v) is 7.18. The second-order valence-electron chi connectivity index (χ2n) is 9.90. The number of carboxylic acids is 2. The molecular formula is C32H24CuN4O10. The Kier molecular flexibility index (Phi) is 10.4. The van der Waals surface area contributed by atoms with Crippen LogP contribution in [0.2, 0.25) is 0 Å². The second kappa shape index (κ2) is 14.2. The van der Waals surface area contributed by atoms with Gasteiger partial charge >= 0.3 is 23.9 Å². The molecule has 2 aromatic heterocycles. The summed E-state index contributed by atoms with van der Waals surface area (Å²) in [4.78, 5) is 63.8. The molecular weight excluding hydrogens is 664 g/mol. The zero-order valence-electron chi connectivity index (χ0n) is 23.9. The Labute approximate surface area is 276 Å². The van der Waals surface area contributed by atoms with Crippen LogP contribution in [0.4, 0.5) is 11.6 Å². The Morgan fingerprint density at radius 2 is 1.00 bits per heavy atom. The van der Waals surface area contributed by atoms with Crippen molar-refractivity contribution >= 4 is 47.9 Å². The first-order valence-electron chi connectivity index (χ1n) is 13.5. The predicted octanol–water partition coefficient (Wildman–Crippen LogP) is 3.01. The van der Waals surface area contributed by atoms with Gasteiger partial charge in [0.15, 0.2) is 11.6 Å². The second-order valence-corrected chi connectivity index (χ2v) is 9.90. The number of hydrogen-bond donors (Lipinski definition) is 4. The molecule has 4 unspecified atom stereocenters. The predicted molar refractivity (Wildman–Crippen MR) is 159 cm³/mol. The van der Waals surface area contributed by atoms with Crippen molar-refractivity contribution in [1.82, 2.24) is 9.97 Å². The van der Waals surface area contributed by atoms with Gasteiger partial charge in [0.2, 0.25) is 10.8 Å². The van der Waals surface area contributed by atoms with E-state index < -0.39 is 46.9 Å². The summed E-state index contributed by atoms with van der Waals surface area (Å²) >= 11 is 0. The molecule has 2 aliphatic rings. The number of pyridine rings is 2. The zero-order valence-corrected chi connectivity index (χ0v) is 24.8. The minimum atomic E-state index is -2.33. The number of aliphatic hydroxyl groups excluding tert-OH is 2. The summed E-state index contributed by atoms with van der Waals surface area (Å²) in [5.74, 6) is -4.61. The number of fused-ring (bicyclic) bond motifs is 2. The van der Waals surface area contributed by atoms with E-state index in [0.717, 1.165) is 12.4 Å². The number of para-hydroxylation sites is 2. The molecule has 0 aliphatic carbocycles. The van der Waals surface area contributed by atoms with Crippen molar-refractivity contribution in [2.24, 2.45) is 20.8 Å². The van der Waals surface area contributed by atoms with Gasteiger partial charge in [0, 0.05) is 53.0 Å². The zero-order chi connectivity index (χ0) is 32.9. The molecule has 15 heteroatoms. The minimum Gasteiger partial charge on any atom is -0.480 e. The first-order valence-corrected chi connectivity index (χ1v) is 13.5. The average molecular weight is 688 g/mol. The quantitative estimate of drug-likeness (QED) is 0.0756. The van der Waals surface area contributed by atoms with Crippen LogP contribution in [0, 0.1) is 10.8 Å². The van der Waals surface area contributed by atoms with Crippen molar-refractivity contribution in [3.8, 4) is 11.5 Å². The van der Waals surface area contributed by atoms with E-state index in [9.17, 15) is 39.6 Å². The number of nitrogens with zero attached hydrogens (tertiary/aromatic N) is 4. The SMILES string of the molecule is O=C(O)C1(C=Nc2ccccn2)C(=O)Oc2ccccc2C1O.O=C(O)C1(C=Nc2ccccn2)C(=O)Oc2ccccc2C1O.[Cu]. The molecule has 14 nitrogen and oxygen atoms in total. The molecule has 4 N–H and O–H groups in total. The van der Waals surface area contributed by atoms with E-state index in [0.29, 0.717) is 0 Å². The van der Waals surface area contributed by atoms with Crippen molar-refractivity contribution in [2.45, 2.75) is 12.2 Å². The van der Waals surface area contributed by atoms with Crippen LogP contribution in [0.3, 0.4) is 0 Å². The summed E-state index contributed by atoms with van der Waals surface area (Å²) < 4.78 is 10.2. The van der Waals surface area contributed by atoms with Crippen LogP contribution in [0.25, 0.3) is 0 Å². The number of hydrogen-bond acceptors (Lipinski definition) is 12. The Balaban J connectivity index is 0.000000208. The van der Waals surface area contributed by atoms with E-state index in [4.69, 9.17) is 9.47 Å². The summed E-state index contributed by atoms with van der Waals surface area (Å²) in [5, 5.41) is 40.1. The molecule has 0 spiro atoms. The van der Waals surface area contributed by atoms with Crippen molar-refractivity contribution in [3.63, 3.8) is 0 Å². The number of carbonyl (C=O) groups excluding carboxylic acids is 2. The Morgan fingerprint density at radius 1 is 0.638 bits per heavy atom. The van der Waals surface area contributed by atoms with Gasteiger partial charge in [-0.05, 0) is 36.4 Å². The maximum atomic E-state index is 12.3. The van der Waals surface area contributed by atoms with E-state index in [1.165, 1.54) is 36.7 Å². The van der Waals surface area contributed by atoms with Crippen LogP contribution < -0.4 is 9.47 Å². The van der Waals surface area contributed by atoms with Crippen molar-refractivity contribution in [2.75, 3.05) is 0 Å². The molecule has 6 rings (SSSR count). The van der Waals surface area contributed by atoms with Gasteiger partial charge in [-0.1, -0.05) is 48.5 Å². The summed E-state index contributed by atoms with van der Waals surface area (Å²) in [5.41, 5.74) is -4.23. The smallest absolute Gasteiger partial charge is 0.337 e. The number of carbonyl (C=O) groups is 4. The fourth-order valence-electron chi connectivity index (χ4n) is 4.64. The molecule has 4 atom stereocenters. The minimum absolute atomic E-state index is 0. The molecule has 0 fully saturated rings. The van der Waals surface area contributed by atoms with Crippen LogP contribution in [0.15, 0.2) is 107 Å². The van der Waals surface area contributed by atoms with Gasteiger partial charge in [-0.25, -0.2) is 29.5 Å². The van der Waals surface area contributed by atoms with E-state index >= 15 is 0 Å². The van der Waals surface area contributed by atoms with E-state index in [1.54, 1.807) is 60.7 Å². The molecule has 0 bridgehead atoms. The number of carboxylic acid groups (broad SMARTS) is 2. The topological polar surface area (TPSA) is 218 Å². The largest absolute Gasteiger partial charge is 0.480 e. The first-order chi connectivity index (χ1) is 22.1. The number of aliphatic carboxylic acids is 2. The molecule has 0 saturated heterocycles. The third-order valence-electron chi connectivity index (χ3n) is 7.18. The molecule has 0 saturated carbocycles. The van der Waals surface area contributed by atoms with Gasteiger partial charge in [-0.3, -0.25) is 9.59 Å². The Bertz CT molecular complexity index is 1720. The fraction of sp³-hybridized carbons (Fsp3) is 0.125. The van der Waals surface area contributed by atoms with Gasteiger partial charge in [0.25, 0.3) is 0 Å². The molecule has 0 amide bonds. The maximum absolute atomic E-state index is 12.3. The van der Waals surface area contributed by atoms with E-state index in [1.807, 2.05) is 0 Å². The monoisotopic (exact) mass is 687 g/mol. The molecule has 4 aromatic rings. The summed E-state index contributed by atoms with van der Waals surface area (Å²) in [6, 6.07) is 22.2. The molecule has 2 aliphatic heterocycles. The van der Waals surface area contributed by atoms with Gasteiger partial charge < -0.3 is 29.9 Å². The number of aromatic nitrogens is 2. The number of benzene rings is 2. The van der Waals surface area contributed by atoms with Gasteiger partial charge in [-0.15, -0.1) is 0 Å². The van der Waals surface area contributed by atoms with Crippen molar-refractivity contribution in [1.29, 1.82) is 0 Å². The van der Waals surface area contributed by atoms with E-state index in [2.05, 4.69) is 20.0 Å². The molecule has 4 heterocycles. The van der Waals surface area contributed by atoms with Crippen molar-refractivity contribution < 1.29 is 66.1 Å². The molecule has 243 valence electrons.